The van der Waals surface area contributed by atoms with Crippen LogP contribution >= 0.6 is 0 Å². The van der Waals surface area contributed by atoms with Crippen LogP contribution in [0.25, 0.3) is 10.9 Å². The van der Waals surface area contributed by atoms with Crippen LogP contribution in [-0.2, 0) is 4.79 Å². The molecule has 2 aromatic rings. The molecule has 1 aliphatic rings. The molecule has 0 unspecified atom stereocenters. The summed E-state index contributed by atoms with van der Waals surface area (Å²) in [5.41, 5.74) is 2.11. The smallest absolute Gasteiger partial charge is 0.317 e. The number of carboxylic acids is 1. The number of carbonyl (C=O) groups is 1. The second kappa shape index (κ2) is 6.50. The van der Waals surface area contributed by atoms with Crippen LogP contribution in [0.3, 0.4) is 0 Å². The fourth-order valence-corrected chi connectivity index (χ4v) is 3.22. The molecule has 2 N–H and O–H groups in total. The number of fused-ring (bicyclic) bond motifs is 1. The molecule has 0 saturated heterocycles. The maximum atomic E-state index is 10.9. The predicted molar refractivity (Wildman–Crippen MR) is 89.6 cm³/mol. The number of rotatable bonds is 6. The third kappa shape index (κ3) is 3.27. The quantitative estimate of drug-likeness (QED) is 0.852. The number of para-hydroxylation sites is 1. The number of hydrogen-bond donors (Lipinski definition) is 2. The molecule has 0 radical (unpaired) electrons. The van der Waals surface area contributed by atoms with Gasteiger partial charge in [-0.15, -0.1) is 0 Å². The summed E-state index contributed by atoms with van der Waals surface area (Å²) in [6, 6.07) is 6.76. The van der Waals surface area contributed by atoms with Gasteiger partial charge in [-0.2, -0.15) is 0 Å². The molecule has 6 nitrogen and oxygen atoms in total. The monoisotopic (exact) mass is 314 g/mol. The lowest BCUT2D eigenvalue weighted by Crippen LogP contribution is -2.51. The SMILES string of the molecule is CCN(CC(=O)O)C1CC(Nc2ncnc3c(C)cccc23)C1. The van der Waals surface area contributed by atoms with E-state index in [9.17, 15) is 4.79 Å². The molecule has 0 atom stereocenters. The Hall–Kier alpha value is -2.21. The van der Waals surface area contributed by atoms with Crippen LogP contribution < -0.4 is 5.32 Å². The molecule has 23 heavy (non-hydrogen) atoms. The number of nitrogens with one attached hydrogen (secondary N) is 1. The number of likely N-dealkylation sites (N-methyl/N-ethyl adjacent to an activating group) is 1. The number of anilines is 1. The number of carboxylic acid groups (broad SMARTS) is 1. The van der Waals surface area contributed by atoms with Gasteiger partial charge in [-0.1, -0.05) is 19.1 Å². The average molecular weight is 314 g/mol. The molecule has 3 rings (SSSR count). The molecule has 0 bridgehead atoms. The Kier molecular flexibility index (Phi) is 4.43. The molecule has 1 aromatic heterocycles. The van der Waals surface area contributed by atoms with Gasteiger partial charge in [-0.05, 0) is 37.9 Å². The van der Waals surface area contributed by atoms with Crippen LogP contribution in [0.15, 0.2) is 24.5 Å². The Balaban J connectivity index is 1.66. The van der Waals surface area contributed by atoms with Crippen LogP contribution in [0.4, 0.5) is 5.82 Å². The highest BCUT2D eigenvalue weighted by Gasteiger charge is 2.34. The van der Waals surface area contributed by atoms with Crippen molar-refractivity contribution >= 4 is 22.7 Å². The van der Waals surface area contributed by atoms with E-state index < -0.39 is 5.97 Å². The molecular weight excluding hydrogens is 292 g/mol. The zero-order chi connectivity index (χ0) is 16.4. The lowest BCUT2D eigenvalue weighted by molar-refractivity contribution is -0.139. The molecule has 1 aromatic carbocycles. The minimum Gasteiger partial charge on any atom is -0.480 e. The third-order valence-corrected chi connectivity index (χ3v) is 4.58. The van der Waals surface area contributed by atoms with Crippen molar-refractivity contribution in [2.45, 2.75) is 38.8 Å². The molecule has 0 spiro atoms. The molecule has 1 heterocycles. The maximum absolute atomic E-state index is 10.9. The van der Waals surface area contributed by atoms with Crippen molar-refractivity contribution < 1.29 is 9.90 Å². The molecule has 122 valence electrons. The van der Waals surface area contributed by atoms with Crippen LogP contribution in [0.1, 0.15) is 25.3 Å². The van der Waals surface area contributed by atoms with Gasteiger partial charge in [-0.3, -0.25) is 9.69 Å². The predicted octanol–water partition coefficient (Wildman–Crippen LogP) is 2.29. The lowest BCUT2D eigenvalue weighted by atomic mass is 9.85. The Morgan fingerprint density at radius 2 is 2.17 bits per heavy atom. The first-order valence-corrected chi connectivity index (χ1v) is 8.01. The molecule has 1 fully saturated rings. The van der Waals surface area contributed by atoms with Gasteiger partial charge in [0.05, 0.1) is 12.1 Å². The average Bonchev–Trinajstić information content (AvgIpc) is 2.49. The molecule has 6 heteroatoms. The second-order valence-electron chi connectivity index (χ2n) is 6.12. The van der Waals surface area contributed by atoms with E-state index in [1.54, 1.807) is 6.33 Å². The number of benzene rings is 1. The summed E-state index contributed by atoms with van der Waals surface area (Å²) in [5.74, 6) is 0.101. The first kappa shape index (κ1) is 15.7. The summed E-state index contributed by atoms with van der Waals surface area (Å²) in [7, 11) is 0. The van der Waals surface area contributed by atoms with Gasteiger partial charge in [0.2, 0.25) is 0 Å². The molecule has 1 aliphatic carbocycles. The Bertz CT molecular complexity index is 713. The van der Waals surface area contributed by atoms with E-state index in [0.717, 1.165) is 41.7 Å². The van der Waals surface area contributed by atoms with Crippen molar-refractivity contribution in [1.82, 2.24) is 14.9 Å². The van der Waals surface area contributed by atoms with Gasteiger partial charge in [0.1, 0.15) is 12.1 Å². The van der Waals surface area contributed by atoms with Crippen molar-refractivity contribution in [2.75, 3.05) is 18.4 Å². The summed E-state index contributed by atoms with van der Waals surface area (Å²) < 4.78 is 0. The van der Waals surface area contributed by atoms with E-state index in [1.165, 1.54) is 0 Å². The van der Waals surface area contributed by atoms with E-state index >= 15 is 0 Å². The summed E-state index contributed by atoms with van der Waals surface area (Å²) in [6.45, 7) is 4.93. The van der Waals surface area contributed by atoms with E-state index in [1.807, 2.05) is 36.9 Å². The highest BCUT2D eigenvalue weighted by Crippen LogP contribution is 2.30. The summed E-state index contributed by atoms with van der Waals surface area (Å²) in [6.07, 6.45) is 3.48. The fourth-order valence-electron chi connectivity index (χ4n) is 3.22. The molecule has 0 amide bonds. The summed E-state index contributed by atoms with van der Waals surface area (Å²) in [5, 5.41) is 13.5. The number of hydrogen-bond acceptors (Lipinski definition) is 5. The number of aromatic nitrogens is 2. The molecule has 0 aliphatic heterocycles. The minimum atomic E-state index is -0.763. The number of aliphatic carboxylic acids is 1. The van der Waals surface area contributed by atoms with E-state index in [0.29, 0.717) is 12.1 Å². The standard InChI is InChI=1S/C17H22N4O2/c1-3-21(9-15(22)23)13-7-12(8-13)20-17-14-6-4-5-11(2)16(14)18-10-19-17/h4-6,10,12-13H,3,7-9H2,1-2H3,(H,22,23)(H,18,19,20). The van der Waals surface area contributed by atoms with Crippen molar-refractivity contribution in [1.29, 1.82) is 0 Å². The zero-order valence-corrected chi connectivity index (χ0v) is 13.5. The van der Waals surface area contributed by atoms with Crippen LogP contribution in [0, 0.1) is 6.92 Å². The first-order chi connectivity index (χ1) is 11.1. The second-order valence-corrected chi connectivity index (χ2v) is 6.12. The molecular formula is C17H22N4O2. The zero-order valence-electron chi connectivity index (χ0n) is 13.5. The van der Waals surface area contributed by atoms with E-state index in [2.05, 4.69) is 15.3 Å². The van der Waals surface area contributed by atoms with Crippen LogP contribution in [0.5, 0.6) is 0 Å². The van der Waals surface area contributed by atoms with Crippen LogP contribution in [0.2, 0.25) is 0 Å². The van der Waals surface area contributed by atoms with Crippen LogP contribution in [-0.4, -0.2) is 51.1 Å². The number of nitrogens with zero attached hydrogens (tertiary/aromatic N) is 3. The van der Waals surface area contributed by atoms with Gasteiger partial charge < -0.3 is 10.4 Å². The summed E-state index contributed by atoms with van der Waals surface area (Å²) in [4.78, 5) is 21.6. The number of aryl methyl sites for hydroxylation is 1. The van der Waals surface area contributed by atoms with E-state index in [4.69, 9.17) is 5.11 Å². The van der Waals surface area contributed by atoms with Gasteiger partial charge in [0.15, 0.2) is 0 Å². The van der Waals surface area contributed by atoms with Crippen molar-refractivity contribution in [3.8, 4) is 0 Å². The molecule has 1 saturated carbocycles. The Morgan fingerprint density at radius 1 is 1.39 bits per heavy atom. The third-order valence-electron chi connectivity index (χ3n) is 4.58. The van der Waals surface area contributed by atoms with Crippen molar-refractivity contribution in [2.24, 2.45) is 0 Å². The maximum Gasteiger partial charge on any atom is 0.317 e. The largest absolute Gasteiger partial charge is 0.480 e. The fraction of sp³-hybridized carbons (Fsp3) is 0.471. The summed E-state index contributed by atoms with van der Waals surface area (Å²) >= 11 is 0. The van der Waals surface area contributed by atoms with Gasteiger partial charge >= 0.3 is 5.97 Å². The lowest BCUT2D eigenvalue weighted by Gasteiger charge is -2.42. The van der Waals surface area contributed by atoms with E-state index in [-0.39, 0.29) is 6.54 Å². The minimum absolute atomic E-state index is 0.115. The Labute approximate surface area is 135 Å². The highest BCUT2D eigenvalue weighted by atomic mass is 16.4. The van der Waals surface area contributed by atoms with Gasteiger partial charge in [0.25, 0.3) is 0 Å². The Morgan fingerprint density at radius 3 is 2.87 bits per heavy atom. The van der Waals surface area contributed by atoms with Crippen molar-refractivity contribution in [3.63, 3.8) is 0 Å². The normalized spacial score (nSPS) is 20.5. The topological polar surface area (TPSA) is 78.4 Å². The van der Waals surface area contributed by atoms with Gasteiger partial charge in [0, 0.05) is 17.5 Å². The first-order valence-electron chi connectivity index (χ1n) is 8.01. The van der Waals surface area contributed by atoms with Gasteiger partial charge in [-0.25, -0.2) is 9.97 Å². The highest BCUT2D eigenvalue weighted by molar-refractivity contribution is 5.90. The van der Waals surface area contributed by atoms with Crippen molar-refractivity contribution in [3.05, 3.63) is 30.1 Å².